The number of hydrogen-bond acceptors (Lipinski definition) is 4. The van der Waals surface area contributed by atoms with Gasteiger partial charge in [0, 0.05) is 12.6 Å². The van der Waals surface area contributed by atoms with Gasteiger partial charge in [-0.3, -0.25) is 0 Å². The highest BCUT2D eigenvalue weighted by Crippen LogP contribution is 2.24. The first kappa shape index (κ1) is 15.0. The second kappa shape index (κ2) is 6.37. The van der Waals surface area contributed by atoms with Crippen LogP contribution in [0.3, 0.4) is 0 Å². The van der Waals surface area contributed by atoms with Crippen molar-refractivity contribution in [2.75, 3.05) is 6.61 Å². The number of aromatic nitrogens is 1. The number of aliphatic hydroxyl groups excluding tert-OH is 1. The second-order valence-electron chi connectivity index (χ2n) is 5.75. The van der Waals surface area contributed by atoms with Gasteiger partial charge >= 0.3 is 0 Å². The molecule has 0 amide bonds. The maximum Gasteiger partial charge on any atom is 0.119 e. The van der Waals surface area contributed by atoms with Crippen molar-refractivity contribution < 1.29 is 9.84 Å². The highest BCUT2D eigenvalue weighted by molar-refractivity contribution is 7.11. The van der Waals surface area contributed by atoms with E-state index >= 15 is 0 Å². The molecule has 0 bridgehead atoms. The van der Waals surface area contributed by atoms with E-state index in [1.54, 1.807) is 6.20 Å². The van der Waals surface area contributed by atoms with Crippen molar-refractivity contribution in [2.24, 2.45) is 0 Å². The first-order chi connectivity index (χ1) is 9.49. The number of ether oxygens (including phenoxy) is 1. The Bertz CT molecular complexity index is 540. The number of aliphatic hydroxyl groups is 1. The standard InChI is InChI=1S/C16H21NO2S/c1-16(2,3)12-4-6-13(7-5-12)19-9-8-15-17-10-14(11-18)20-15/h4-7,10,18H,8-9,11H2,1-3H3. The molecule has 0 aliphatic heterocycles. The van der Waals surface area contributed by atoms with Crippen molar-refractivity contribution in [2.45, 2.75) is 39.2 Å². The zero-order valence-corrected chi connectivity index (χ0v) is 13.0. The maximum absolute atomic E-state index is 8.99. The molecule has 1 aromatic carbocycles. The molecular weight excluding hydrogens is 270 g/mol. The van der Waals surface area contributed by atoms with E-state index in [2.05, 4.69) is 37.9 Å². The molecule has 0 saturated carbocycles. The van der Waals surface area contributed by atoms with Gasteiger partial charge < -0.3 is 9.84 Å². The quantitative estimate of drug-likeness (QED) is 0.916. The summed E-state index contributed by atoms with van der Waals surface area (Å²) in [5.74, 6) is 0.886. The lowest BCUT2D eigenvalue weighted by Gasteiger charge is -2.19. The van der Waals surface area contributed by atoms with E-state index < -0.39 is 0 Å². The van der Waals surface area contributed by atoms with Crippen molar-refractivity contribution >= 4 is 11.3 Å². The lowest BCUT2D eigenvalue weighted by Crippen LogP contribution is -2.10. The van der Waals surface area contributed by atoms with Gasteiger partial charge in [-0.15, -0.1) is 11.3 Å². The third kappa shape index (κ3) is 4.05. The minimum absolute atomic E-state index is 0.0623. The third-order valence-electron chi connectivity index (χ3n) is 3.06. The van der Waals surface area contributed by atoms with Crippen LogP contribution in [-0.2, 0) is 18.4 Å². The first-order valence-electron chi connectivity index (χ1n) is 6.77. The minimum Gasteiger partial charge on any atom is -0.493 e. The molecule has 1 aromatic heterocycles. The number of hydrogen-bond donors (Lipinski definition) is 1. The molecule has 1 heterocycles. The van der Waals surface area contributed by atoms with Crippen LogP contribution in [0, 0.1) is 0 Å². The van der Waals surface area contributed by atoms with Crippen molar-refractivity contribution in [1.82, 2.24) is 4.98 Å². The first-order valence-corrected chi connectivity index (χ1v) is 7.58. The van der Waals surface area contributed by atoms with E-state index in [0.29, 0.717) is 6.61 Å². The molecule has 3 nitrogen and oxygen atoms in total. The highest BCUT2D eigenvalue weighted by Gasteiger charge is 2.12. The van der Waals surface area contributed by atoms with Gasteiger partial charge in [0.1, 0.15) is 5.75 Å². The van der Waals surface area contributed by atoms with Crippen LogP contribution in [0.1, 0.15) is 36.2 Å². The molecular formula is C16H21NO2S. The van der Waals surface area contributed by atoms with Gasteiger partial charge in [0.25, 0.3) is 0 Å². The van der Waals surface area contributed by atoms with E-state index in [4.69, 9.17) is 9.84 Å². The predicted octanol–water partition coefficient (Wildman–Crippen LogP) is 3.55. The SMILES string of the molecule is CC(C)(C)c1ccc(OCCc2ncc(CO)s2)cc1. The number of nitrogens with zero attached hydrogens (tertiary/aromatic N) is 1. The second-order valence-corrected chi connectivity index (χ2v) is 6.95. The fourth-order valence-corrected chi connectivity index (χ4v) is 2.61. The van der Waals surface area contributed by atoms with E-state index in [-0.39, 0.29) is 12.0 Å². The Morgan fingerprint density at radius 1 is 1.20 bits per heavy atom. The largest absolute Gasteiger partial charge is 0.493 e. The normalized spacial score (nSPS) is 11.6. The smallest absolute Gasteiger partial charge is 0.119 e. The molecule has 0 spiro atoms. The highest BCUT2D eigenvalue weighted by atomic mass is 32.1. The molecule has 1 N–H and O–H groups in total. The zero-order chi connectivity index (χ0) is 14.6. The summed E-state index contributed by atoms with van der Waals surface area (Å²) < 4.78 is 5.72. The van der Waals surface area contributed by atoms with Gasteiger partial charge in [0.2, 0.25) is 0 Å². The molecule has 2 aromatic rings. The summed E-state index contributed by atoms with van der Waals surface area (Å²) in [6, 6.07) is 8.26. The lowest BCUT2D eigenvalue weighted by molar-refractivity contribution is 0.285. The van der Waals surface area contributed by atoms with Gasteiger partial charge in [-0.25, -0.2) is 4.98 Å². The van der Waals surface area contributed by atoms with Gasteiger partial charge in [0.05, 0.1) is 23.1 Å². The Labute approximate surface area is 124 Å². The van der Waals surface area contributed by atoms with Gasteiger partial charge in [-0.05, 0) is 23.1 Å². The number of rotatable bonds is 5. The van der Waals surface area contributed by atoms with E-state index in [9.17, 15) is 0 Å². The Balaban J connectivity index is 1.85. The summed E-state index contributed by atoms with van der Waals surface area (Å²) in [6.07, 6.45) is 2.49. The molecule has 0 aliphatic carbocycles. The third-order valence-corrected chi connectivity index (χ3v) is 4.10. The zero-order valence-electron chi connectivity index (χ0n) is 12.2. The Morgan fingerprint density at radius 2 is 1.90 bits per heavy atom. The monoisotopic (exact) mass is 291 g/mol. The van der Waals surface area contributed by atoms with Gasteiger partial charge in [-0.1, -0.05) is 32.9 Å². The number of benzene rings is 1. The number of thiazole rings is 1. The minimum atomic E-state index is 0.0623. The molecule has 0 atom stereocenters. The van der Waals surface area contributed by atoms with Gasteiger partial charge in [-0.2, -0.15) is 0 Å². The predicted molar refractivity (Wildman–Crippen MR) is 82.4 cm³/mol. The van der Waals surface area contributed by atoms with Crippen molar-refractivity contribution in [1.29, 1.82) is 0 Å². The molecule has 108 valence electrons. The molecule has 0 aliphatic rings. The summed E-state index contributed by atoms with van der Waals surface area (Å²) in [6.45, 7) is 7.26. The summed E-state index contributed by atoms with van der Waals surface area (Å²) in [7, 11) is 0. The van der Waals surface area contributed by atoms with Gasteiger partial charge in [0.15, 0.2) is 0 Å². The Kier molecular flexibility index (Phi) is 4.78. The van der Waals surface area contributed by atoms with Crippen LogP contribution in [0.4, 0.5) is 0 Å². The molecule has 0 unspecified atom stereocenters. The van der Waals surface area contributed by atoms with Crippen LogP contribution >= 0.6 is 11.3 Å². The van der Waals surface area contributed by atoms with Crippen LogP contribution < -0.4 is 4.74 Å². The van der Waals surface area contributed by atoms with E-state index in [0.717, 1.165) is 22.1 Å². The summed E-state index contributed by atoms with van der Waals surface area (Å²) >= 11 is 1.53. The fourth-order valence-electron chi connectivity index (χ4n) is 1.84. The fraction of sp³-hybridized carbons (Fsp3) is 0.438. The topological polar surface area (TPSA) is 42.4 Å². The van der Waals surface area contributed by atoms with Crippen molar-refractivity contribution in [3.63, 3.8) is 0 Å². The summed E-state index contributed by atoms with van der Waals surface area (Å²) in [5, 5.41) is 9.99. The summed E-state index contributed by atoms with van der Waals surface area (Å²) in [4.78, 5) is 5.14. The molecule has 0 saturated heterocycles. The maximum atomic E-state index is 8.99. The molecule has 0 radical (unpaired) electrons. The van der Waals surface area contributed by atoms with Crippen LogP contribution in [-0.4, -0.2) is 16.7 Å². The molecule has 20 heavy (non-hydrogen) atoms. The molecule has 0 fully saturated rings. The van der Waals surface area contributed by atoms with Crippen LogP contribution in [0.25, 0.3) is 0 Å². The average Bonchev–Trinajstić information content (AvgIpc) is 2.86. The van der Waals surface area contributed by atoms with Crippen LogP contribution in [0.5, 0.6) is 5.75 Å². The molecule has 2 rings (SSSR count). The Hall–Kier alpha value is -1.39. The molecule has 4 heteroatoms. The van der Waals surface area contributed by atoms with E-state index in [1.165, 1.54) is 16.9 Å². The van der Waals surface area contributed by atoms with Crippen molar-refractivity contribution in [3.05, 3.63) is 45.9 Å². The van der Waals surface area contributed by atoms with Crippen LogP contribution in [0.2, 0.25) is 0 Å². The lowest BCUT2D eigenvalue weighted by atomic mass is 9.87. The summed E-state index contributed by atoms with van der Waals surface area (Å²) in [5.41, 5.74) is 1.47. The van der Waals surface area contributed by atoms with Crippen LogP contribution in [0.15, 0.2) is 30.5 Å². The van der Waals surface area contributed by atoms with Crippen molar-refractivity contribution in [3.8, 4) is 5.75 Å². The average molecular weight is 291 g/mol. The Morgan fingerprint density at radius 3 is 2.45 bits per heavy atom. The van der Waals surface area contributed by atoms with E-state index in [1.807, 2.05) is 12.1 Å².